The van der Waals surface area contributed by atoms with Crippen molar-refractivity contribution in [2.24, 2.45) is 5.92 Å². The van der Waals surface area contributed by atoms with E-state index in [-0.39, 0.29) is 24.6 Å². The summed E-state index contributed by atoms with van der Waals surface area (Å²) in [6, 6.07) is 9.88. The number of aliphatic hydroxyl groups excluding tert-OH is 1. The molecule has 2 unspecified atom stereocenters. The van der Waals surface area contributed by atoms with E-state index in [0.29, 0.717) is 19.8 Å². The second kappa shape index (κ2) is 10.2. The van der Waals surface area contributed by atoms with Crippen molar-refractivity contribution in [3.8, 4) is 0 Å². The zero-order chi connectivity index (χ0) is 16.3. The van der Waals surface area contributed by atoms with Gasteiger partial charge < -0.3 is 20.5 Å². The van der Waals surface area contributed by atoms with Crippen molar-refractivity contribution >= 4 is 6.03 Å². The lowest BCUT2D eigenvalue weighted by molar-refractivity contribution is 0.123. The van der Waals surface area contributed by atoms with Crippen LogP contribution < -0.4 is 10.6 Å². The summed E-state index contributed by atoms with van der Waals surface area (Å²) in [6.07, 6.45) is 5.37. The lowest BCUT2D eigenvalue weighted by atomic mass is 9.96. The Balaban J connectivity index is 1.60. The van der Waals surface area contributed by atoms with Crippen LogP contribution in [0.4, 0.5) is 4.79 Å². The summed E-state index contributed by atoms with van der Waals surface area (Å²) in [4.78, 5) is 12.0. The molecule has 1 aliphatic rings. The van der Waals surface area contributed by atoms with Gasteiger partial charge in [-0.25, -0.2) is 4.79 Å². The average molecular weight is 320 g/mol. The molecule has 3 N–H and O–H groups in total. The van der Waals surface area contributed by atoms with Gasteiger partial charge in [-0.1, -0.05) is 49.6 Å². The maximum atomic E-state index is 12.0. The van der Waals surface area contributed by atoms with Crippen LogP contribution in [0.5, 0.6) is 0 Å². The van der Waals surface area contributed by atoms with Gasteiger partial charge in [0, 0.05) is 25.1 Å². The summed E-state index contributed by atoms with van der Waals surface area (Å²) < 4.78 is 5.54. The Morgan fingerprint density at radius 2 is 1.96 bits per heavy atom. The van der Waals surface area contributed by atoms with Gasteiger partial charge in [-0.3, -0.25) is 0 Å². The molecule has 2 atom stereocenters. The van der Waals surface area contributed by atoms with E-state index in [4.69, 9.17) is 4.74 Å². The Hall–Kier alpha value is -1.59. The van der Waals surface area contributed by atoms with E-state index in [9.17, 15) is 9.90 Å². The van der Waals surface area contributed by atoms with Crippen molar-refractivity contribution in [1.29, 1.82) is 0 Å². The molecule has 0 aliphatic heterocycles. The molecule has 1 saturated carbocycles. The van der Waals surface area contributed by atoms with E-state index >= 15 is 0 Å². The fourth-order valence-electron chi connectivity index (χ4n) is 3.01. The first kappa shape index (κ1) is 17.8. The zero-order valence-corrected chi connectivity index (χ0v) is 13.7. The third kappa shape index (κ3) is 6.59. The van der Waals surface area contributed by atoms with E-state index in [2.05, 4.69) is 10.6 Å². The first-order valence-corrected chi connectivity index (χ1v) is 8.56. The number of aliphatic hydroxyl groups is 1. The lowest BCUT2D eigenvalue weighted by Gasteiger charge is -2.24. The first-order chi connectivity index (χ1) is 11.3. The van der Waals surface area contributed by atoms with Crippen molar-refractivity contribution in [3.05, 3.63) is 35.9 Å². The summed E-state index contributed by atoms with van der Waals surface area (Å²) in [6.45, 7) is 1.66. The molecule has 0 spiro atoms. The molecule has 128 valence electrons. The van der Waals surface area contributed by atoms with Gasteiger partial charge in [0.2, 0.25) is 0 Å². The minimum Gasteiger partial charge on any atom is -0.396 e. The number of hydrogen-bond donors (Lipinski definition) is 3. The minimum atomic E-state index is -0.168. The van der Waals surface area contributed by atoms with Crippen LogP contribution >= 0.6 is 0 Å². The van der Waals surface area contributed by atoms with Gasteiger partial charge in [0.1, 0.15) is 0 Å². The molecule has 0 saturated heterocycles. The topological polar surface area (TPSA) is 70.6 Å². The van der Waals surface area contributed by atoms with Crippen LogP contribution in [0.3, 0.4) is 0 Å². The highest BCUT2D eigenvalue weighted by Gasteiger charge is 2.24. The number of urea groups is 1. The molecule has 5 heteroatoms. The monoisotopic (exact) mass is 320 g/mol. The molecule has 1 aliphatic carbocycles. The highest BCUT2D eigenvalue weighted by molar-refractivity contribution is 5.74. The van der Waals surface area contributed by atoms with E-state index in [1.807, 2.05) is 30.3 Å². The predicted octanol–water partition coefficient (Wildman–Crippen LogP) is 2.44. The number of ether oxygens (including phenoxy) is 1. The number of hydrogen-bond acceptors (Lipinski definition) is 3. The molecule has 2 rings (SSSR count). The summed E-state index contributed by atoms with van der Waals surface area (Å²) in [5.41, 5.74) is 1.13. The Bertz CT molecular complexity index is 453. The molecule has 5 nitrogen and oxygen atoms in total. The van der Waals surface area contributed by atoms with Crippen LogP contribution in [0, 0.1) is 5.92 Å². The summed E-state index contributed by atoms with van der Waals surface area (Å²) in [5, 5.41) is 15.3. The van der Waals surface area contributed by atoms with Gasteiger partial charge in [-0.05, 0) is 18.4 Å². The van der Waals surface area contributed by atoms with Gasteiger partial charge in [0.15, 0.2) is 0 Å². The second-order valence-electron chi connectivity index (χ2n) is 6.13. The van der Waals surface area contributed by atoms with Gasteiger partial charge in [0.25, 0.3) is 0 Å². The molecule has 0 aromatic heterocycles. The third-order valence-electron chi connectivity index (χ3n) is 4.35. The van der Waals surface area contributed by atoms with Crippen molar-refractivity contribution in [3.63, 3.8) is 0 Å². The molecule has 0 radical (unpaired) electrons. The van der Waals surface area contributed by atoms with Crippen LogP contribution in [0.15, 0.2) is 30.3 Å². The molecule has 0 bridgehead atoms. The Morgan fingerprint density at radius 3 is 2.74 bits per heavy atom. The fraction of sp³-hybridized carbons (Fsp3) is 0.611. The Kier molecular flexibility index (Phi) is 7.90. The quantitative estimate of drug-likeness (QED) is 0.534. The first-order valence-electron chi connectivity index (χ1n) is 8.56. The van der Waals surface area contributed by atoms with E-state index in [1.165, 1.54) is 6.42 Å². The van der Waals surface area contributed by atoms with Gasteiger partial charge >= 0.3 is 6.03 Å². The Morgan fingerprint density at radius 1 is 1.17 bits per heavy atom. The van der Waals surface area contributed by atoms with Crippen LogP contribution in [0.2, 0.25) is 0 Å². The number of rotatable bonds is 7. The lowest BCUT2D eigenvalue weighted by Crippen LogP contribution is -2.46. The maximum absolute atomic E-state index is 12.0. The molecule has 23 heavy (non-hydrogen) atoms. The van der Waals surface area contributed by atoms with Crippen LogP contribution in [-0.4, -0.2) is 36.9 Å². The number of amides is 2. The van der Waals surface area contributed by atoms with Crippen LogP contribution in [-0.2, 0) is 11.3 Å². The molecule has 0 heterocycles. The van der Waals surface area contributed by atoms with Gasteiger partial charge in [-0.2, -0.15) is 0 Å². The Labute approximate surface area is 138 Å². The smallest absolute Gasteiger partial charge is 0.315 e. The van der Waals surface area contributed by atoms with Crippen molar-refractivity contribution in [1.82, 2.24) is 10.6 Å². The van der Waals surface area contributed by atoms with Crippen molar-refractivity contribution < 1.29 is 14.6 Å². The number of carbonyl (C=O) groups is 1. The molecule has 1 aromatic carbocycles. The molecule has 1 aromatic rings. The van der Waals surface area contributed by atoms with E-state index in [1.54, 1.807) is 0 Å². The summed E-state index contributed by atoms with van der Waals surface area (Å²) >= 11 is 0. The second-order valence-corrected chi connectivity index (χ2v) is 6.13. The largest absolute Gasteiger partial charge is 0.396 e. The third-order valence-corrected chi connectivity index (χ3v) is 4.35. The predicted molar refractivity (Wildman–Crippen MR) is 90.1 cm³/mol. The van der Waals surface area contributed by atoms with E-state index < -0.39 is 0 Å². The molecular weight excluding hydrogens is 292 g/mol. The highest BCUT2D eigenvalue weighted by atomic mass is 16.5. The molecular formula is C18H28N2O3. The maximum Gasteiger partial charge on any atom is 0.315 e. The average Bonchev–Trinajstić information content (AvgIpc) is 2.80. The standard InChI is InChI=1S/C18H28N2O3/c21-13-16-9-5-2-6-10-17(16)20-18(22)19-11-12-23-14-15-7-3-1-4-8-15/h1,3-4,7-8,16-17,21H,2,5-6,9-14H2,(H2,19,20,22). The van der Waals surface area contributed by atoms with Crippen LogP contribution in [0.1, 0.15) is 37.7 Å². The SMILES string of the molecule is O=C(NCCOCc1ccccc1)NC1CCCCCC1CO. The number of nitrogens with one attached hydrogen (secondary N) is 2. The highest BCUT2D eigenvalue weighted by Crippen LogP contribution is 2.23. The van der Waals surface area contributed by atoms with Crippen molar-refractivity contribution in [2.75, 3.05) is 19.8 Å². The fourth-order valence-corrected chi connectivity index (χ4v) is 3.01. The summed E-state index contributed by atoms with van der Waals surface area (Å²) in [7, 11) is 0. The normalized spacial score (nSPS) is 21.4. The molecule has 1 fully saturated rings. The van der Waals surface area contributed by atoms with Gasteiger partial charge in [-0.15, -0.1) is 0 Å². The van der Waals surface area contributed by atoms with E-state index in [0.717, 1.165) is 31.2 Å². The summed E-state index contributed by atoms with van der Waals surface area (Å²) in [5.74, 6) is 0.178. The van der Waals surface area contributed by atoms with Crippen LogP contribution in [0.25, 0.3) is 0 Å². The number of benzene rings is 1. The zero-order valence-electron chi connectivity index (χ0n) is 13.7. The molecule has 2 amide bonds. The van der Waals surface area contributed by atoms with Gasteiger partial charge in [0.05, 0.1) is 13.2 Å². The van der Waals surface area contributed by atoms with Crippen molar-refractivity contribution in [2.45, 2.75) is 44.8 Å². The number of carbonyl (C=O) groups excluding carboxylic acids is 1. The minimum absolute atomic E-state index is 0.0766.